The van der Waals surface area contributed by atoms with E-state index in [1.54, 1.807) is 24.4 Å². The number of imide groups is 1. The fourth-order valence-electron chi connectivity index (χ4n) is 3.98. The van der Waals surface area contributed by atoms with E-state index in [0.29, 0.717) is 24.2 Å². The summed E-state index contributed by atoms with van der Waals surface area (Å²) in [5.41, 5.74) is -0.260. The van der Waals surface area contributed by atoms with Gasteiger partial charge in [-0.2, -0.15) is 0 Å². The Labute approximate surface area is 166 Å². The van der Waals surface area contributed by atoms with Gasteiger partial charge in [0.2, 0.25) is 0 Å². The number of ether oxygens (including phenoxy) is 1. The van der Waals surface area contributed by atoms with Crippen molar-refractivity contribution in [1.29, 1.82) is 0 Å². The van der Waals surface area contributed by atoms with Crippen LogP contribution >= 0.6 is 0 Å². The molecule has 0 radical (unpaired) electrons. The summed E-state index contributed by atoms with van der Waals surface area (Å²) in [4.78, 5) is 54.4. The molecule has 1 spiro atoms. The molecular formula is C20H22N4O5. The number of pyridine rings is 1. The van der Waals surface area contributed by atoms with Gasteiger partial charge in [-0.15, -0.1) is 0 Å². The molecule has 0 aromatic carbocycles. The molecule has 2 aromatic heterocycles. The molecule has 2 aliphatic rings. The normalized spacial score (nSPS) is 18.3. The van der Waals surface area contributed by atoms with E-state index in [2.05, 4.69) is 10.3 Å². The highest BCUT2D eigenvalue weighted by Crippen LogP contribution is 2.33. The molecule has 1 saturated heterocycles. The summed E-state index contributed by atoms with van der Waals surface area (Å²) in [6.45, 7) is -0.178. The number of carbonyl (C=O) groups is 3. The van der Waals surface area contributed by atoms with Crippen LogP contribution in [0, 0.1) is 0 Å². The van der Waals surface area contributed by atoms with Gasteiger partial charge in [0.1, 0.15) is 17.8 Å². The number of aromatic nitrogens is 2. The molecule has 9 heteroatoms. The molecule has 0 atom stereocenters. The van der Waals surface area contributed by atoms with Gasteiger partial charge >= 0.3 is 12.0 Å². The highest BCUT2D eigenvalue weighted by molar-refractivity contribution is 6.07. The first kappa shape index (κ1) is 19.1. The number of carbonyl (C=O) groups excluding carboxylic acids is 3. The molecule has 152 valence electrons. The van der Waals surface area contributed by atoms with E-state index in [0.717, 1.165) is 24.2 Å². The smallest absolute Gasteiger partial charge is 0.325 e. The molecule has 1 aliphatic heterocycles. The van der Waals surface area contributed by atoms with Crippen LogP contribution in [0.5, 0.6) is 0 Å². The Kier molecular flexibility index (Phi) is 5.04. The zero-order valence-electron chi connectivity index (χ0n) is 15.9. The standard InChI is InChI=1S/C20H22N4O5/c25-16-12-14(21-15-6-2-5-10-23(15)16)13-29-17(26)7-11-24-18(27)20(22-19(24)28)8-3-1-4-9-20/h2,5-6,10,12H,1,3-4,7-9,11,13H2,(H,22,28). The fraction of sp³-hybridized carbons (Fsp3) is 0.450. The van der Waals surface area contributed by atoms with Crippen molar-refractivity contribution < 1.29 is 19.1 Å². The third kappa shape index (κ3) is 3.72. The molecule has 4 rings (SSSR count). The first-order chi connectivity index (χ1) is 14.0. The number of nitrogens with one attached hydrogen (secondary N) is 1. The quantitative estimate of drug-likeness (QED) is 0.602. The second-order valence-corrected chi connectivity index (χ2v) is 7.45. The van der Waals surface area contributed by atoms with Gasteiger partial charge in [-0.1, -0.05) is 25.3 Å². The topological polar surface area (TPSA) is 110 Å². The summed E-state index contributed by atoms with van der Waals surface area (Å²) in [5.74, 6) is -0.815. The SMILES string of the molecule is O=C(CCN1C(=O)NC2(CCCCC2)C1=O)OCc1cc(=O)n2ccccc2n1. The van der Waals surface area contributed by atoms with Crippen molar-refractivity contribution in [2.24, 2.45) is 0 Å². The number of esters is 1. The Hall–Kier alpha value is -3.23. The maximum atomic E-state index is 12.7. The van der Waals surface area contributed by atoms with Gasteiger partial charge in [0.05, 0.1) is 12.1 Å². The highest BCUT2D eigenvalue weighted by atomic mass is 16.5. The molecule has 9 nitrogen and oxygen atoms in total. The minimum absolute atomic E-state index is 0.0287. The average Bonchev–Trinajstić information content (AvgIpc) is 2.94. The molecule has 1 aliphatic carbocycles. The van der Waals surface area contributed by atoms with Crippen molar-refractivity contribution in [2.45, 2.75) is 50.7 Å². The number of hydrogen-bond donors (Lipinski definition) is 1. The number of amides is 3. The van der Waals surface area contributed by atoms with Crippen molar-refractivity contribution in [3.8, 4) is 0 Å². The molecule has 0 unspecified atom stereocenters. The second-order valence-electron chi connectivity index (χ2n) is 7.45. The van der Waals surface area contributed by atoms with Crippen molar-refractivity contribution in [1.82, 2.24) is 19.6 Å². The molecule has 2 aromatic rings. The van der Waals surface area contributed by atoms with Gasteiger partial charge in [-0.25, -0.2) is 9.78 Å². The van der Waals surface area contributed by atoms with E-state index in [1.165, 1.54) is 10.5 Å². The second kappa shape index (κ2) is 7.65. The van der Waals surface area contributed by atoms with Crippen LogP contribution in [0.2, 0.25) is 0 Å². The van der Waals surface area contributed by atoms with E-state index in [4.69, 9.17) is 4.74 Å². The fourth-order valence-corrected chi connectivity index (χ4v) is 3.98. The predicted octanol–water partition coefficient (Wildman–Crippen LogP) is 1.38. The Morgan fingerprint density at radius 1 is 1.17 bits per heavy atom. The van der Waals surface area contributed by atoms with Gasteiger partial charge in [0.25, 0.3) is 11.5 Å². The van der Waals surface area contributed by atoms with E-state index in [1.807, 2.05) is 0 Å². The molecule has 3 amide bonds. The van der Waals surface area contributed by atoms with Crippen LogP contribution in [0.4, 0.5) is 4.79 Å². The monoisotopic (exact) mass is 398 g/mol. The van der Waals surface area contributed by atoms with E-state index in [-0.39, 0.29) is 31.0 Å². The van der Waals surface area contributed by atoms with Gasteiger partial charge in [-0.3, -0.25) is 23.7 Å². The number of nitrogens with zero attached hydrogens (tertiary/aromatic N) is 3. The molecule has 0 bridgehead atoms. The summed E-state index contributed by atoms with van der Waals surface area (Å²) in [6.07, 6.45) is 5.65. The maximum absolute atomic E-state index is 12.7. The summed E-state index contributed by atoms with van der Waals surface area (Å²) in [6, 6.07) is 6.03. The van der Waals surface area contributed by atoms with Crippen LogP contribution in [0.3, 0.4) is 0 Å². The molecular weight excluding hydrogens is 376 g/mol. The molecule has 2 fully saturated rings. The van der Waals surface area contributed by atoms with Crippen LogP contribution in [0.15, 0.2) is 35.3 Å². The van der Waals surface area contributed by atoms with Crippen molar-refractivity contribution in [3.05, 3.63) is 46.5 Å². The Balaban J connectivity index is 1.33. The maximum Gasteiger partial charge on any atom is 0.325 e. The van der Waals surface area contributed by atoms with Crippen molar-refractivity contribution in [2.75, 3.05) is 6.54 Å². The minimum atomic E-state index is -0.795. The number of hydrogen-bond acceptors (Lipinski definition) is 6. The zero-order valence-corrected chi connectivity index (χ0v) is 15.9. The first-order valence-corrected chi connectivity index (χ1v) is 9.76. The average molecular weight is 398 g/mol. The minimum Gasteiger partial charge on any atom is -0.459 e. The molecule has 3 heterocycles. The highest BCUT2D eigenvalue weighted by Gasteiger charge is 2.51. The number of fused-ring (bicyclic) bond motifs is 1. The lowest BCUT2D eigenvalue weighted by Crippen LogP contribution is -2.48. The van der Waals surface area contributed by atoms with Crippen LogP contribution < -0.4 is 10.9 Å². The third-order valence-corrected chi connectivity index (χ3v) is 5.50. The molecule has 1 saturated carbocycles. The molecule has 1 N–H and O–H groups in total. The Morgan fingerprint density at radius 3 is 2.76 bits per heavy atom. The van der Waals surface area contributed by atoms with E-state index < -0.39 is 17.5 Å². The Morgan fingerprint density at radius 2 is 1.97 bits per heavy atom. The Bertz CT molecular complexity index is 1020. The van der Waals surface area contributed by atoms with E-state index in [9.17, 15) is 19.2 Å². The van der Waals surface area contributed by atoms with Gasteiger partial charge in [0.15, 0.2) is 0 Å². The first-order valence-electron chi connectivity index (χ1n) is 9.76. The van der Waals surface area contributed by atoms with Gasteiger partial charge < -0.3 is 10.1 Å². The van der Waals surface area contributed by atoms with Crippen LogP contribution in [0.25, 0.3) is 5.65 Å². The lowest BCUT2D eigenvalue weighted by molar-refractivity contribution is -0.145. The predicted molar refractivity (Wildman–Crippen MR) is 102 cm³/mol. The number of rotatable bonds is 5. The lowest BCUT2D eigenvalue weighted by Gasteiger charge is -2.30. The summed E-state index contributed by atoms with van der Waals surface area (Å²) in [5, 5.41) is 2.81. The van der Waals surface area contributed by atoms with Gasteiger partial charge in [0, 0.05) is 18.8 Å². The van der Waals surface area contributed by atoms with Crippen molar-refractivity contribution >= 4 is 23.6 Å². The third-order valence-electron chi connectivity index (χ3n) is 5.50. The molecule has 29 heavy (non-hydrogen) atoms. The van der Waals surface area contributed by atoms with Crippen LogP contribution in [-0.4, -0.2) is 44.3 Å². The van der Waals surface area contributed by atoms with Crippen molar-refractivity contribution in [3.63, 3.8) is 0 Å². The van der Waals surface area contributed by atoms with Crippen LogP contribution in [0.1, 0.15) is 44.2 Å². The van der Waals surface area contributed by atoms with E-state index >= 15 is 0 Å². The lowest BCUT2D eigenvalue weighted by atomic mass is 9.82. The largest absolute Gasteiger partial charge is 0.459 e. The van der Waals surface area contributed by atoms with Crippen LogP contribution in [-0.2, 0) is 20.9 Å². The number of urea groups is 1. The zero-order chi connectivity index (χ0) is 20.4. The summed E-state index contributed by atoms with van der Waals surface area (Å²) >= 11 is 0. The summed E-state index contributed by atoms with van der Waals surface area (Å²) in [7, 11) is 0. The summed E-state index contributed by atoms with van der Waals surface area (Å²) < 4.78 is 6.57. The van der Waals surface area contributed by atoms with Gasteiger partial charge in [-0.05, 0) is 25.0 Å².